The molecule has 0 aromatic carbocycles. The van der Waals surface area contributed by atoms with E-state index in [-0.39, 0.29) is 11.9 Å². The van der Waals surface area contributed by atoms with Gasteiger partial charge in [0.1, 0.15) is 5.01 Å². The number of fused-ring (bicyclic) bond motifs is 1. The summed E-state index contributed by atoms with van der Waals surface area (Å²) in [6, 6.07) is -0.212. The molecule has 1 saturated heterocycles. The molecule has 2 amide bonds. The number of carboxylic acid groups (broad SMARTS) is 1. The molecule has 0 unspecified atom stereocenters. The van der Waals surface area contributed by atoms with Gasteiger partial charge in [-0.2, -0.15) is 0 Å². The minimum Gasteiger partial charge on any atom is -0.481 e. The van der Waals surface area contributed by atoms with Gasteiger partial charge in [0.15, 0.2) is 4.34 Å². The summed E-state index contributed by atoms with van der Waals surface area (Å²) in [7, 11) is 0. The van der Waals surface area contributed by atoms with Gasteiger partial charge in [0.05, 0.1) is 12.0 Å². The third kappa shape index (κ3) is 2.67. The van der Waals surface area contributed by atoms with Crippen LogP contribution in [0.25, 0.3) is 0 Å². The Morgan fingerprint density at radius 2 is 2.36 bits per heavy atom. The first-order chi connectivity index (χ1) is 10.5. The van der Waals surface area contributed by atoms with E-state index in [0.29, 0.717) is 26.1 Å². The van der Waals surface area contributed by atoms with Crippen molar-refractivity contribution in [1.82, 2.24) is 20.4 Å². The average Bonchev–Trinajstić information content (AvgIpc) is 3.17. The summed E-state index contributed by atoms with van der Waals surface area (Å²) < 4.78 is 0.866. The topological polar surface area (TPSA) is 95.4 Å². The standard InChI is InChI=1S/C13H18N4O3S2/c1-21-12-16-15-9(22-12)5-14-11(20)17-6-8-3-2-4-13(8,7-17)10(18)19/h8H,2-7H2,1H3,(H,14,20)(H,18,19)/t8-,13+/m0/s1. The first kappa shape index (κ1) is 15.5. The van der Waals surface area contributed by atoms with Crippen molar-refractivity contribution >= 4 is 35.1 Å². The molecular formula is C13H18N4O3S2. The van der Waals surface area contributed by atoms with Gasteiger partial charge in [0.2, 0.25) is 0 Å². The predicted molar refractivity (Wildman–Crippen MR) is 82.9 cm³/mol. The number of aliphatic carboxylic acids is 1. The minimum atomic E-state index is -0.765. The summed E-state index contributed by atoms with van der Waals surface area (Å²) in [6.45, 7) is 1.17. The molecule has 1 aromatic heterocycles. The Kier molecular flexibility index (Phi) is 4.26. The number of hydrogen-bond acceptors (Lipinski definition) is 6. The van der Waals surface area contributed by atoms with Gasteiger partial charge < -0.3 is 15.3 Å². The lowest BCUT2D eigenvalue weighted by atomic mass is 9.81. The number of nitrogens with zero attached hydrogens (tertiary/aromatic N) is 3. The lowest BCUT2D eigenvalue weighted by molar-refractivity contribution is -0.149. The van der Waals surface area contributed by atoms with E-state index in [2.05, 4.69) is 15.5 Å². The largest absolute Gasteiger partial charge is 0.481 e. The highest BCUT2D eigenvalue weighted by molar-refractivity contribution is 8.00. The van der Waals surface area contributed by atoms with Crippen molar-refractivity contribution in [2.75, 3.05) is 19.3 Å². The lowest BCUT2D eigenvalue weighted by Crippen LogP contribution is -2.41. The van der Waals surface area contributed by atoms with Gasteiger partial charge in [0, 0.05) is 13.1 Å². The summed E-state index contributed by atoms with van der Waals surface area (Å²) in [5.41, 5.74) is -0.730. The molecule has 0 spiro atoms. The van der Waals surface area contributed by atoms with Gasteiger partial charge in [0.25, 0.3) is 0 Å². The van der Waals surface area contributed by atoms with Crippen molar-refractivity contribution in [2.45, 2.75) is 30.1 Å². The fourth-order valence-corrected chi connectivity index (χ4v) is 4.70. The summed E-state index contributed by atoms with van der Waals surface area (Å²) >= 11 is 2.97. The number of hydrogen-bond donors (Lipinski definition) is 2. The van der Waals surface area contributed by atoms with Crippen LogP contribution in [0, 0.1) is 11.3 Å². The fraction of sp³-hybridized carbons (Fsp3) is 0.692. The zero-order chi connectivity index (χ0) is 15.7. The summed E-state index contributed by atoms with van der Waals surface area (Å²) in [4.78, 5) is 25.5. The Morgan fingerprint density at radius 1 is 1.55 bits per heavy atom. The summed E-state index contributed by atoms with van der Waals surface area (Å²) in [6.07, 6.45) is 4.43. The van der Waals surface area contributed by atoms with E-state index < -0.39 is 11.4 Å². The molecule has 3 rings (SSSR count). The highest BCUT2D eigenvalue weighted by Crippen LogP contribution is 2.48. The Bertz CT molecular complexity index is 594. The van der Waals surface area contributed by atoms with Gasteiger partial charge >= 0.3 is 12.0 Å². The van der Waals surface area contributed by atoms with E-state index in [1.165, 1.54) is 23.1 Å². The van der Waals surface area contributed by atoms with Crippen LogP contribution in [-0.4, -0.2) is 51.5 Å². The van der Waals surface area contributed by atoms with E-state index in [4.69, 9.17) is 0 Å². The second-order valence-electron chi connectivity index (χ2n) is 5.76. The van der Waals surface area contributed by atoms with Crippen LogP contribution in [0.5, 0.6) is 0 Å². The van der Waals surface area contributed by atoms with Crippen LogP contribution < -0.4 is 5.32 Å². The molecule has 120 valence electrons. The smallest absolute Gasteiger partial charge is 0.317 e. The zero-order valence-electron chi connectivity index (χ0n) is 12.2. The van der Waals surface area contributed by atoms with Gasteiger partial charge in [-0.1, -0.05) is 29.5 Å². The second kappa shape index (κ2) is 6.04. The number of urea groups is 1. The Balaban J connectivity index is 1.58. The Hall–Kier alpha value is -1.35. The minimum absolute atomic E-state index is 0.0837. The third-order valence-electron chi connectivity index (χ3n) is 4.60. The number of carbonyl (C=O) groups excluding carboxylic acids is 1. The number of amides is 2. The molecular weight excluding hydrogens is 324 g/mol. The van der Waals surface area contributed by atoms with Gasteiger partial charge in [-0.25, -0.2) is 4.79 Å². The van der Waals surface area contributed by atoms with Gasteiger partial charge in [-0.3, -0.25) is 4.79 Å². The number of carbonyl (C=O) groups is 2. The second-order valence-corrected chi connectivity index (χ2v) is 7.87. The van der Waals surface area contributed by atoms with Crippen molar-refractivity contribution in [1.29, 1.82) is 0 Å². The highest BCUT2D eigenvalue weighted by Gasteiger charge is 2.55. The van der Waals surface area contributed by atoms with Gasteiger partial charge in [-0.05, 0) is 25.0 Å². The van der Waals surface area contributed by atoms with Crippen molar-refractivity contribution in [2.24, 2.45) is 11.3 Å². The van der Waals surface area contributed by atoms with E-state index >= 15 is 0 Å². The number of nitrogens with one attached hydrogen (secondary N) is 1. The van der Waals surface area contributed by atoms with Crippen molar-refractivity contribution < 1.29 is 14.7 Å². The van der Waals surface area contributed by atoms with E-state index in [0.717, 1.165) is 22.2 Å². The Morgan fingerprint density at radius 3 is 3.00 bits per heavy atom. The van der Waals surface area contributed by atoms with Crippen molar-refractivity contribution in [3.63, 3.8) is 0 Å². The zero-order valence-corrected chi connectivity index (χ0v) is 13.9. The molecule has 1 aromatic rings. The van der Waals surface area contributed by atoms with E-state index in [1.807, 2.05) is 6.26 Å². The van der Waals surface area contributed by atoms with E-state index in [9.17, 15) is 14.7 Å². The van der Waals surface area contributed by atoms with Crippen LogP contribution in [0.2, 0.25) is 0 Å². The van der Waals surface area contributed by atoms with Crippen LogP contribution in [-0.2, 0) is 11.3 Å². The molecule has 2 fully saturated rings. The molecule has 9 heteroatoms. The lowest BCUT2D eigenvalue weighted by Gasteiger charge is -2.23. The van der Waals surface area contributed by atoms with Gasteiger partial charge in [-0.15, -0.1) is 10.2 Å². The number of aromatic nitrogens is 2. The number of likely N-dealkylation sites (tertiary alicyclic amines) is 1. The molecule has 1 aliphatic heterocycles. The van der Waals surface area contributed by atoms with E-state index in [1.54, 1.807) is 4.90 Å². The molecule has 22 heavy (non-hydrogen) atoms. The maximum Gasteiger partial charge on any atom is 0.317 e. The molecule has 2 aliphatic rings. The molecule has 7 nitrogen and oxygen atoms in total. The number of thioether (sulfide) groups is 1. The van der Waals surface area contributed by atoms with Crippen LogP contribution in [0.1, 0.15) is 24.3 Å². The monoisotopic (exact) mass is 342 g/mol. The van der Waals surface area contributed by atoms with Crippen LogP contribution in [0.3, 0.4) is 0 Å². The average molecular weight is 342 g/mol. The quantitative estimate of drug-likeness (QED) is 0.808. The molecule has 0 radical (unpaired) electrons. The summed E-state index contributed by atoms with van der Waals surface area (Å²) in [5.74, 6) is -0.681. The molecule has 2 N–H and O–H groups in total. The van der Waals surface area contributed by atoms with Crippen molar-refractivity contribution in [3.8, 4) is 0 Å². The first-order valence-electron chi connectivity index (χ1n) is 7.18. The molecule has 1 aliphatic carbocycles. The first-order valence-corrected chi connectivity index (χ1v) is 9.22. The fourth-order valence-electron chi connectivity index (χ4n) is 3.45. The Labute approximate surface area is 136 Å². The molecule has 1 saturated carbocycles. The summed E-state index contributed by atoms with van der Waals surface area (Å²) in [5, 5.41) is 21.1. The van der Waals surface area contributed by atoms with Crippen LogP contribution in [0.4, 0.5) is 4.79 Å². The normalized spacial score (nSPS) is 27.0. The highest BCUT2D eigenvalue weighted by atomic mass is 32.2. The third-order valence-corrected chi connectivity index (χ3v) is 6.50. The molecule has 0 bridgehead atoms. The van der Waals surface area contributed by atoms with Crippen LogP contribution in [0.15, 0.2) is 4.34 Å². The maximum absolute atomic E-state index is 12.3. The maximum atomic E-state index is 12.3. The SMILES string of the molecule is CSc1nnc(CNC(=O)N2C[C@@H]3CCC[C@@]3(C(=O)O)C2)s1. The van der Waals surface area contributed by atoms with Crippen molar-refractivity contribution in [3.05, 3.63) is 5.01 Å². The number of carboxylic acids is 1. The molecule has 2 atom stereocenters. The number of rotatable bonds is 4. The molecule has 2 heterocycles. The van der Waals surface area contributed by atoms with Crippen LogP contribution >= 0.6 is 23.1 Å². The predicted octanol–water partition coefficient (Wildman–Crippen LogP) is 1.66.